The fourth-order valence-electron chi connectivity index (χ4n) is 3.40. The van der Waals surface area contributed by atoms with Crippen LogP contribution < -0.4 is 0 Å². The summed E-state index contributed by atoms with van der Waals surface area (Å²) in [5, 5.41) is 0. The highest BCUT2D eigenvalue weighted by molar-refractivity contribution is 5.26. The van der Waals surface area contributed by atoms with E-state index < -0.39 is 0 Å². The number of rotatable bonds is 3. The lowest BCUT2D eigenvalue weighted by Crippen LogP contribution is -2.47. The van der Waals surface area contributed by atoms with Crippen LogP contribution in [0.3, 0.4) is 0 Å². The number of benzene rings is 1. The minimum absolute atomic E-state index is 0.376. The topological polar surface area (TPSA) is 3.24 Å². The Hall–Kier alpha value is -0.820. The van der Waals surface area contributed by atoms with Crippen LogP contribution >= 0.6 is 0 Å². The lowest BCUT2D eigenvalue weighted by molar-refractivity contribution is 0.107. The zero-order valence-electron chi connectivity index (χ0n) is 11.7. The van der Waals surface area contributed by atoms with Gasteiger partial charge in [-0.3, -0.25) is 0 Å². The maximum absolute atomic E-state index is 2.70. The van der Waals surface area contributed by atoms with Gasteiger partial charge in [-0.05, 0) is 48.6 Å². The summed E-state index contributed by atoms with van der Waals surface area (Å²) in [6.07, 6.45) is 4.26. The lowest BCUT2D eigenvalue weighted by Gasteiger charge is -2.45. The summed E-state index contributed by atoms with van der Waals surface area (Å²) < 4.78 is 0. The summed E-state index contributed by atoms with van der Waals surface area (Å²) in [7, 11) is 0. The van der Waals surface area contributed by atoms with E-state index in [0.717, 1.165) is 11.8 Å². The molecule has 2 fully saturated rings. The molecule has 0 amide bonds. The second kappa shape index (κ2) is 4.70. The first-order valence-corrected chi connectivity index (χ1v) is 7.46. The zero-order valence-corrected chi connectivity index (χ0v) is 11.7. The van der Waals surface area contributed by atoms with Crippen LogP contribution in [0.2, 0.25) is 0 Å². The summed E-state index contributed by atoms with van der Waals surface area (Å²) in [5.41, 5.74) is 1.91. The Bertz CT molecular complexity index is 395. The third kappa shape index (κ3) is 2.33. The van der Waals surface area contributed by atoms with Gasteiger partial charge in [0.15, 0.2) is 0 Å². The first kappa shape index (κ1) is 12.2. The molecule has 2 aliphatic rings. The van der Waals surface area contributed by atoms with Crippen LogP contribution in [0.4, 0.5) is 0 Å². The van der Waals surface area contributed by atoms with Crippen LogP contribution in [0.5, 0.6) is 0 Å². The third-order valence-corrected chi connectivity index (χ3v) is 5.21. The van der Waals surface area contributed by atoms with Gasteiger partial charge in [-0.25, -0.2) is 0 Å². The molecule has 0 unspecified atom stereocenters. The van der Waals surface area contributed by atoms with Crippen molar-refractivity contribution >= 4 is 0 Å². The Morgan fingerprint density at radius 3 is 2.56 bits per heavy atom. The Labute approximate surface area is 111 Å². The highest BCUT2D eigenvalue weighted by Crippen LogP contribution is 2.40. The molecule has 1 aromatic rings. The van der Waals surface area contributed by atoms with E-state index in [1.807, 2.05) is 0 Å². The minimum Gasteiger partial charge on any atom is -0.303 e. The van der Waals surface area contributed by atoms with Gasteiger partial charge < -0.3 is 4.90 Å². The molecule has 1 aromatic carbocycles. The predicted molar refractivity (Wildman–Crippen MR) is 76.7 cm³/mol. The van der Waals surface area contributed by atoms with Gasteiger partial charge in [0.1, 0.15) is 0 Å². The number of likely N-dealkylation sites (tertiary alicyclic amines) is 1. The van der Waals surface area contributed by atoms with Gasteiger partial charge in [0.2, 0.25) is 0 Å². The smallest absolute Gasteiger partial charge is 0.00156 e. The number of piperidine rings is 1. The second-order valence-electron chi connectivity index (χ2n) is 6.64. The average molecular weight is 243 g/mol. The molecule has 1 saturated heterocycles. The zero-order chi connectivity index (χ0) is 12.6. The molecular weight excluding hydrogens is 218 g/mol. The van der Waals surface area contributed by atoms with E-state index in [4.69, 9.17) is 0 Å². The van der Waals surface area contributed by atoms with Gasteiger partial charge in [-0.2, -0.15) is 0 Å². The maximum Gasteiger partial charge on any atom is 0.00156 e. The monoisotopic (exact) mass is 243 g/mol. The van der Waals surface area contributed by atoms with Crippen molar-refractivity contribution in [3.8, 4) is 0 Å². The summed E-state index contributed by atoms with van der Waals surface area (Å²) >= 11 is 0. The standard InChI is InChI=1S/C17H25N/c1-14-12-18(13-15-8-9-15)11-10-17(14,2)16-6-4-3-5-7-16/h3-7,14-15H,8-13H2,1-2H3/t14-,17-/m0/s1. The predicted octanol–water partition coefficient (Wildman–Crippen LogP) is 3.70. The molecule has 0 N–H and O–H groups in total. The molecule has 1 saturated carbocycles. The van der Waals surface area contributed by atoms with Crippen LogP contribution in [-0.2, 0) is 5.41 Å². The molecule has 1 aliphatic heterocycles. The van der Waals surface area contributed by atoms with E-state index in [2.05, 4.69) is 49.1 Å². The molecule has 0 spiro atoms. The van der Waals surface area contributed by atoms with Gasteiger partial charge in [0.25, 0.3) is 0 Å². The highest BCUT2D eigenvalue weighted by Gasteiger charge is 2.38. The van der Waals surface area contributed by atoms with Gasteiger partial charge >= 0.3 is 0 Å². The van der Waals surface area contributed by atoms with Crippen molar-refractivity contribution in [3.63, 3.8) is 0 Å². The normalized spacial score (nSPS) is 33.6. The molecule has 2 atom stereocenters. The molecule has 1 aliphatic carbocycles. The van der Waals surface area contributed by atoms with Crippen molar-refractivity contribution in [1.82, 2.24) is 4.90 Å². The molecule has 1 nitrogen and oxygen atoms in total. The summed E-state index contributed by atoms with van der Waals surface area (Å²) in [6, 6.07) is 11.1. The molecular formula is C17H25N. The van der Waals surface area contributed by atoms with Gasteiger partial charge in [-0.1, -0.05) is 44.2 Å². The quantitative estimate of drug-likeness (QED) is 0.782. The SMILES string of the molecule is C[C@H]1CN(CC2CC2)CC[C@]1(C)c1ccccc1. The lowest BCUT2D eigenvalue weighted by atomic mass is 9.68. The van der Waals surface area contributed by atoms with Crippen LogP contribution in [0.15, 0.2) is 30.3 Å². The Balaban J connectivity index is 1.70. The van der Waals surface area contributed by atoms with Crippen LogP contribution in [-0.4, -0.2) is 24.5 Å². The van der Waals surface area contributed by atoms with Crippen molar-refractivity contribution in [2.24, 2.45) is 11.8 Å². The van der Waals surface area contributed by atoms with Crippen molar-refractivity contribution in [2.45, 2.75) is 38.5 Å². The van der Waals surface area contributed by atoms with Crippen LogP contribution in [0.1, 0.15) is 38.7 Å². The van der Waals surface area contributed by atoms with E-state index in [9.17, 15) is 0 Å². The molecule has 3 rings (SSSR count). The van der Waals surface area contributed by atoms with Gasteiger partial charge in [-0.15, -0.1) is 0 Å². The number of hydrogen-bond acceptors (Lipinski definition) is 1. The van der Waals surface area contributed by atoms with Gasteiger partial charge in [0, 0.05) is 13.1 Å². The molecule has 0 aromatic heterocycles. The van der Waals surface area contributed by atoms with Crippen LogP contribution in [0.25, 0.3) is 0 Å². The van der Waals surface area contributed by atoms with Gasteiger partial charge in [0.05, 0.1) is 0 Å². The first-order chi connectivity index (χ1) is 8.68. The summed E-state index contributed by atoms with van der Waals surface area (Å²) in [5.74, 6) is 1.78. The second-order valence-corrected chi connectivity index (χ2v) is 6.64. The Kier molecular flexibility index (Phi) is 3.19. The first-order valence-electron chi connectivity index (χ1n) is 7.46. The Morgan fingerprint density at radius 1 is 1.22 bits per heavy atom. The number of nitrogens with zero attached hydrogens (tertiary/aromatic N) is 1. The molecule has 1 heteroatoms. The number of hydrogen-bond donors (Lipinski definition) is 0. The molecule has 1 heterocycles. The van der Waals surface area contributed by atoms with Crippen molar-refractivity contribution in [2.75, 3.05) is 19.6 Å². The maximum atomic E-state index is 2.70. The summed E-state index contributed by atoms with van der Waals surface area (Å²) in [6.45, 7) is 8.82. The largest absolute Gasteiger partial charge is 0.303 e. The minimum atomic E-state index is 0.376. The highest BCUT2D eigenvalue weighted by atomic mass is 15.1. The van der Waals surface area contributed by atoms with Crippen molar-refractivity contribution in [3.05, 3.63) is 35.9 Å². The van der Waals surface area contributed by atoms with E-state index in [1.54, 1.807) is 0 Å². The summed E-state index contributed by atoms with van der Waals surface area (Å²) in [4.78, 5) is 2.70. The van der Waals surface area contributed by atoms with Crippen molar-refractivity contribution < 1.29 is 0 Å². The molecule has 18 heavy (non-hydrogen) atoms. The molecule has 0 radical (unpaired) electrons. The fraction of sp³-hybridized carbons (Fsp3) is 0.647. The van der Waals surface area contributed by atoms with Crippen LogP contribution in [0, 0.1) is 11.8 Å². The molecule has 98 valence electrons. The van der Waals surface area contributed by atoms with E-state index in [1.165, 1.54) is 44.5 Å². The Morgan fingerprint density at radius 2 is 1.94 bits per heavy atom. The van der Waals surface area contributed by atoms with E-state index in [0.29, 0.717) is 5.41 Å². The van der Waals surface area contributed by atoms with E-state index >= 15 is 0 Å². The van der Waals surface area contributed by atoms with Crippen molar-refractivity contribution in [1.29, 1.82) is 0 Å². The van der Waals surface area contributed by atoms with E-state index in [-0.39, 0.29) is 0 Å². The molecule has 0 bridgehead atoms. The fourth-order valence-corrected chi connectivity index (χ4v) is 3.40. The third-order valence-electron chi connectivity index (χ3n) is 5.21. The average Bonchev–Trinajstić information content (AvgIpc) is 3.19.